The van der Waals surface area contributed by atoms with Gasteiger partial charge in [0.1, 0.15) is 0 Å². The highest BCUT2D eigenvalue weighted by atomic mass is 28.5. The van der Waals surface area contributed by atoms with Crippen LogP contribution in [0.1, 0.15) is 13.3 Å². The van der Waals surface area contributed by atoms with Crippen molar-refractivity contribution in [3.05, 3.63) is 12.3 Å². The monoisotopic (exact) mass is 394 g/mol. The topological polar surface area (TPSA) is 36.9 Å². The molecular weight excluding hydrogens is 357 g/mol. The quantitative estimate of drug-likeness (QED) is 0.266. The molecule has 0 aliphatic carbocycles. The zero-order valence-electron chi connectivity index (χ0n) is 16.9. The van der Waals surface area contributed by atoms with E-state index in [9.17, 15) is 0 Å². The molecule has 0 aliphatic rings. The Hall–Kier alpha value is 0.288. The predicted octanol–water partition coefficient (Wildman–Crippen LogP) is 5.42. The maximum atomic E-state index is 6.61. The summed E-state index contributed by atoms with van der Waals surface area (Å²) in [5.41, 5.74) is 0. The molecule has 8 heteroatoms. The van der Waals surface area contributed by atoms with Crippen LogP contribution in [0.4, 0.5) is 0 Å². The van der Waals surface area contributed by atoms with E-state index in [-0.39, 0.29) is 0 Å². The zero-order chi connectivity index (χ0) is 18.4. The Morgan fingerprint density at radius 2 is 1.09 bits per heavy atom. The molecule has 0 radical (unpaired) electrons. The molecule has 0 heterocycles. The number of ether oxygens (including phenoxy) is 1. The van der Waals surface area contributed by atoms with Crippen molar-refractivity contribution >= 4 is 33.8 Å². The normalized spacial score (nSPS) is 14.5. The van der Waals surface area contributed by atoms with E-state index in [1.807, 2.05) is 13.0 Å². The van der Waals surface area contributed by atoms with Crippen molar-refractivity contribution in [1.82, 2.24) is 0 Å². The molecule has 0 saturated carbocycles. The molecule has 0 amide bonds. The van der Waals surface area contributed by atoms with Gasteiger partial charge in [-0.3, -0.25) is 0 Å². The van der Waals surface area contributed by atoms with Gasteiger partial charge in [0.05, 0.1) is 12.9 Å². The van der Waals surface area contributed by atoms with Crippen molar-refractivity contribution in [2.24, 2.45) is 0 Å². The van der Waals surface area contributed by atoms with E-state index in [0.717, 1.165) is 12.5 Å². The minimum absolute atomic E-state index is 0.679. The number of rotatable bonds is 11. The molecular formula is C15H38O4Si4. The molecule has 0 aromatic heterocycles. The Kier molecular flexibility index (Phi) is 9.23. The molecule has 0 saturated heterocycles. The van der Waals surface area contributed by atoms with Gasteiger partial charge in [-0.1, -0.05) is 6.08 Å². The van der Waals surface area contributed by atoms with Crippen LogP contribution in [0.25, 0.3) is 0 Å². The van der Waals surface area contributed by atoms with E-state index < -0.39 is 33.8 Å². The van der Waals surface area contributed by atoms with Crippen LogP contribution < -0.4 is 0 Å². The van der Waals surface area contributed by atoms with Gasteiger partial charge in [0.25, 0.3) is 0 Å². The molecule has 138 valence electrons. The molecule has 0 fully saturated rings. The lowest BCUT2D eigenvalue weighted by molar-refractivity contribution is 0.222. The lowest BCUT2D eigenvalue weighted by atomic mass is 10.5. The summed E-state index contributed by atoms with van der Waals surface area (Å²) in [6.07, 6.45) is 4.54. The molecule has 0 unspecified atom stereocenters. The molecule has 0 aromatic carbocycles. The van der Waals surface area contributed by atoms with Crippen LogP contribution in [0.3, 0.4) is 0 Å². The summed E-state index contributed by atoms with van der Waals surface area (Å²) in [4.78, 5) is 0. The first-order valence-electron chi connectivity index (χ1n) is 8.51. The van der Waals surface area contributed by atoms with Gasteiger partial charge in [-0.2, -0.15) is 0 Å². The van der Waals surface area contributed by atoms with Crippen LogP contribution in [0.2, 0.25) is 65.0 Å². The van der Waals surface area contributed by atoms with Crippen molar-refractivity contribution in [3.8, 4) is 0 Å². The Labute approximate surface area is 148 Å². The zero-order valence-corrected chi connectivity index (χ0v) is 20.9. The van der Waals surface area contributed by atoms with Crippen molar-refractivity contribution in [2.45, 2.75) is 78.3 Å². The Bertz CT molecular complexity index is 326. The number of allylic oxidation sites excluding steroid dienone is 1. The van der Waals surface area contributed by atoms with E-state index in [1.54, 1.807) is 6.26 Å². The third-order valence-electron chi connectivity index (χ3n) is 2.36. The van der Waals surface area contributed by atoms with Gasteiger partial charge in [-0.05, 0) is 72.3 Å². The van der Waals surface area contributed by atoms with Crippen molar-refractivity contribution in [3.63, 3.8) is 0 Å². The maximum absolute atomic E-state index is 6.61. The van der Waals surface area contributed by atoms with Gasteiger partial charge in [0, 0.05) is 6.04 Å². The SMILES string of the molecule is CC=COCCC[Si](O[Si](C)(C)C)(O[Si](C)(C)C)O[Si](C)(C)C. The first kappa shape index (κ1) is 23.3. The van der Waals surface area contributed by atoms with Gasteiger partial charge in [0.2, 0.25) is 0 Å². The molecule has 0 rings (SSSR count). The third-order valence-corrected chi connectivity index (χ3v) is 14.4. The summed E-state index contributed by atoms with van der Waals surface area (Å²) in [6, 6.07) is 0.837. The summed E-state index contributed by atoms with van der Waals surface area (Å²) in [5.74, 6) is 0. The maximum Gasteiger partial charge on any atom is 0.469 e. The minimum atomic E-state index is -2.68. The fraction of sp³-hybridized carbons (Fsp3) is 0.867. The highest BCUT2D eigenvalue weighted by Gasteiger charge is 2.49. The van der Waals surface area contributed by atoms with Gasteiger partial charge in [0.15, 0.2) is 25.0 Å². The highest BCUT2D eigenvalue weighted by Crippen LogP contribution is 2.29. The summed E-state index contributed by atoms with van der Waals surface area (Å²) in [6.45, 7) is 22.6. The van der Waals surface area contributed by atoms with Crippen LogP contribution in [0.5, 0.6) is 0 Å². The fourth-order valence-corrected chi connectivity index (χ4v) is 16.8. The molecule has 0 N–H and O–H groups in total. The molecule has 0 aliphatic heterocycles. The molecule has 0 spiro atoms. The largest absolute Gasteiger partial charge is 0.502 e. The Morgan fingerprint density at radius 1 is 0.696 bits per heavy atom. The second-order valence-electron chi connectivity index (χ2n) is 8.77. The average molecular weight is 395 g/mol. The van der Waals surface area contributed by atoms with Crippen LogP contribution in [0, 0.1) is 0 Å². The first-order chi connectivity index (χ1) is 10.2. The summed E-state index contributed by atoms with van der Waals surface area (Å²) in [7, 11) is -7.98. The fourth-order valence-electron chi connectivity index (χ4n) is 2.15. The van der Waals surface area contributed by atoms with E-state index >= 15 is 0 Å². The van der Waals surface area contributed by atoms with E-state index in [4.69, 9.17) is 17.1 Å². The Balaban J connectivity index is 5.28. The van der Waals surface area contributed by atoms with Crippen molar-refractivity contribution in [1.29, 1.82) is 0 Å². The summed E-state index contributed by atoms with van der Waals surface area (Å²) < 4.78 is 25.3. The smallest absolute Gasteiger partial charge is 0.469 e. The van der Waals surface area contributed by atoms with E-state index in [2.05, 4.69) is 58.9 Å². The lowest BCUT2D eigenvalue weighted by Crippen LogP contribution is -2.60. The molecule has 23 heavy (non-hydrogen) atoms. The van der Waals surface area contributed by atoms with Crippen LogP contribution >= 0.6 is 0 Å². The summed E-state index contributed by atoms with van der Waals surface area (Å²) in [5, 5.41) is 0. The third kappa shape index (κ3) is 13.3. The minimum Gasteiger partial charge on any atom is -0.502 e. The van der Waals surface area contributed by atoms with Crippen molar-refractivity contribution in [2.75, 3.05) is 6.61 Å². The van der Waals surface area contributed by atoms with Crippen molar-refractivity contribution < 1.29 is 17.1 Å². The second kappa shape index (κ2) is 9.11. The van der Waals surface area contributed by atoms with Crippen LogP contribution in [-0.2, 0) is 17.1 Å². The van der Waals surface area contributed by atoms with E-state index in [0.29, 0.717) is 6.61 Å². The molecule has 4 nitrogen and oxygen atoms in total. The Morgan fingerprint density at radius 3 is 1.39 bits per heavy atom. The lowest BCUT2D eigenvalue weighted by Gasteiger charge is -2.42. The molecule has 0 bridgehead atoms. The van der Waals surface area contributed by atoms with Gasteiger partial charge >= 0.3 is 8.80 Å². The average Bonchev–Trinajstić information content (AvgIpc) is 2.20. The summed E-state index contributed by atoms with van der Waals surface area (Å²) >= 11 is 0. The van der Waals surface area contributed by atoms with Crippen LogP contribution in [-0.4, -0.2) is 40.4 Å². The van der Waals surface area contributed by atoms with E-state index in [1.165, 1.54) is 0 Å². The van der Waals surface area contributed by atoms with Crippen LogP contribution in [0.15, 0.2) is 12.3 Å². The highest BCUT2D eigenvalue weighted by molar-refractivity contribution is 6.90. The number of hydrogen-bond acceptors (Lipinski definition) is 4. The van der Waals surface area contributed by atoms with Gasteiger partial charge in [-0.15, -0.1) is 0 Å². The first-order valence-corrected chi connectivity index (χ1v) is 20.7. The second-order valence-corrected chi connectivity index (χ2v) is 25.8. The van der Waals surface area contributed by atoms with Gasteiger partial charge in [-0.25, -0.2) is 0 Å². The molecule has 0 atom stereocenters. The predicted molar refractivity (Wildman–Crippen MR) is 109 cm³/mol. The standard InChI is InChI=1S/C15H38O4Si4/c1-11-13-16-14-12-15-23(17-20(2,3)4,18-21(5,6)7)19-22(8,9)10/h11,13H,12,14-15H2,1-10H3. The van der Waals surface area contributed by atoms with Gasteiger partial charge < -0.3 is 17.1 Å². The molecule has 0 aromatic rings. The number of hydrogen-bond donors (Lipinski definition) is 0.